The molecule has 0 spiro atoms. The van der Waals surface area contributed by atoms with Gasteiger partial charge in [-0.05, 0) is 26.9 Å². The second-order valence-corrected chi connectivity index (χ2v) is 6.69. The zero-order chi connectivity index (χ0) is 8.91. The third-order valence-electron chi connectivity index (χ3n) is 0.766. The van der Waals surface area contributed by atoms with Gasteiger partial charge in [0.25, 0.3) is 0 Å². The van der Waals surface area contributed by atoms with Crippen molar-refractivity contribution >= 4 is 22.2 Å². The van der Waals surface area contributed by atoms with Crippen LogP contribution >= 0.6 is 16.5 Å². The fraction of sp³-hybridized carbons (Fsp3) is 0.857. The van der Waals surface area contributed by atoms with E-state index in [9.17, 15) is 4.79 Å². The van der Waals surface area contributed by atoms with Crippen LogP contribution in [0, 0.1) is 0 Å². The number of carbonyl (C=O) groups excluding carboxylic acids is 1. The summed E-state index contributed by atoms with van der Waals surface area (Å²) < 4.78 is 5.12. The molecule has 0 fully saturated rings. The predicted molar refractivity (Wildman–Crippen MR) is 53.4 cm³/mol. The van der Waals surface area contributed by atoms with Crippen LogP contribution in [0.5, 0.6) is 0 Å². The van der Waals surface area contributed by atoms with Gasteiger partial charge in [-0.3, -0.25) is 0 Å². The summed E-state index contributed by atoms with van der Waals surface area (Å²) in [5.74, 6) is 0. The van der Waals surface area contributed by atoms with Gasteiger partial charge in [-0.1, -0.05) is 15.2 Å². The lowest BCUT2D eigenvalue weighted by Gasteiger charge is -2.19. The van der Waals surface area contributed by atoms with Gasteiger partial charge in [0, 0.05) is 8.27 Å². The van der Waals surface area contributed by atoms with Crippen LogP contribution in [-0.2, 0) is 4.74 Å². The molecule has 66 valence electrons. The zero-order valence-electron chi connectivity index (χ0n) is 7.52. The van der Waals surface area contributed by atoms with E-state index in [1.54, 1.807) is 0 Å². The summed E-state index contributed by atoms with van der Waals surface area (Å²) >= 11 is 0. The molecule has 0 aromatic heterocycles. The van der Waals surface area contributed by atoms with Crippen molar-refractivity contribution in [3.8, 4) is 0 Å². The first-order valence-corrected chi connectivity index (χ1v) is 6.88. The standard InChI is InChI=1S/C7H16O2P2/c1-5-10-11-6(8)9-7(2,3)4/h10-11H,5H2,1-4H3. The molecule has 4 heteroatoms. The Morgan fingerprint density at radius 1 is 1.45 bits per heavy atom. The van der Waals surface area contributed by atoms with Crippen LogP contribution < -0.4 is 0 Å². The van der Waals surface area contributed by atoms with Gasteiger partial charge in [0.15, 0.2) is 0 Å². The fourth-order valence-corrected chi connectivity index (χ4v) is 2.26. The van der Waals surface area contributed by atoms with Gasteiger partial charge < -0.3 is 4.74 Å². The summed E-state index contributed by atoms with van der Waals surface area (Å²) in [5.41, 5.74) is -0.361. The number of carbonyl (C=O) groups is 1. The molecule has 0 aromatic rings. The molecule has 0 aliphatic carbocycles. The maximum atomic E-state index is 11.0. The van der Waals surface area contributed by atoms with E-state index in [2.05, 4.69) is 6.92 Å². The third kappa shape index (κ3) is 8.23. The normalized spacial score (nSPS) is 13.5. The molecule has 0 aliphatic heterocycles. The second-order valence-electron chi connectivity index (χ2n) is 3.16. The van der Waals surface area contributed by atoms with Crippen molar-refractivity contribution in [1.29, 1.82) is 0 Å². The summed E-state index contributed by atoms with van der Waals surface area (Å²) in [6.45, 7) is 7.76. The first-order valence-electron chi connectivity index (χ1n) is 3.67. The minimum Gasteiger partial charge on any atom is -0.457 e. The van der Waals surface area contributed by atoms with Crippen LogP contribution in [0.3, 0.4) is 0 Å². The average molecular weight is 194 g/mol. The Labute approximate surface area is 71.9 Å². The van der Waals surface area contributed by atoms with E-state index < -0.39 is 0 Å². The molecule has 11 heavy (non-hydrogen) atoms. The lowest BCUT2D eigenvalue weighted by molar-refractivity contribution is 0.0735. The minimum atomic E-state index is -0.317. The van der Waals surface area contributed by atoms with Gasteiger partial charge in [-0.2, -0.15) is 0 Å². The molecular formula is C7H16O2P2. The number of ether oxygens (including phenoxy) is 1. The van der Waals surface area contributed by atoms with E-state index >= 15 is 0 Å². The van der Waals surface area contributed by atoms with Crippen LogP contribution in [-0.4, -0.2) is 17.5 Å². The number of hydrogen-bond acceptors (Lipinski definition) is 2. The van der Waals surface area contributed by atoms with Crippen molar-refractivity contribution in [2.24, 2.45) is 0 Å². The molecule has 0 N–H and O–H groups in total. The highest BCUT2D eigenvalue weighted by Crippen LogP contribution is 2.38. The molecule has 0 saturated carbocycles. The largest absolute Gasteiger partial charge is 0.457 e. The highest BCUT2D eigenvalue weighted by Gasteiger charge is 2.15. The van der Waals surface area contributed by atoms with Crippen molar-refractivity contribution in [2.45, 2.75) is 33.3 Å². The third-order valence-corrected chi connectivity index (χ3v) is 3.81. The molecular weight excluding hydrogens is 178 g/mol. The smallest absolute Gasteiger partial charge is 0.327 e. The molecule has 0 bridgehead atoms. The lowest BCUT2D eigenvalue weighted by atomic mass is 10.2. The van der Waals surface area contributed by atoms with Crippen LogP contribution in [0.4, 0.5) is 4.79 Å². The van der Waals surface area contributed by atoms with Crippen LogP contribution in [0.2, 0.25) is 0 Å². The van der Waals surface area contributed by atoms with Crippen molar-refractivity contribution in [3.63, 3.8) is 0 Å². The molecule has 0 amide bonds. The Balaban J connectivity index is 3.53. The average Bonchev–Trinajstić information content (AvgIpc) is 1.79. The monoisotopic (exact) mass is 194 g/mol. The van der Waals surface area contributed by atoms with E-state index in [0.29, 0.717) is 8.27 Å². The maximum absolute atomic E-state index is 11.0. The summed E-state index contributed by atoms with van der Waals surface area (Å²) in [6.07, 6.45) is 1.08. The Morgan fingerprint density at radius 3 is 2.36 bits per heavy atom. The molecule has 0 aromatic carbocycles. The van der Waals surface area contributed by atoms with Crippen LogP contribution in [0.1, 0.15) is 27.7 Å². The minimum absolute atomic E-state index is 0.0438. The molecule has 2 atom stereocenters. The van der Waals surface area contributed by atoms with Gasteiger partial charge in [0.1, 0.15) is 5.60 Å². The van der Waals surface area contributed by atoms with Crippen molar-refractivity contribution in [3.05, 3.63) is 0 Å². The molecule has 0 saturated heterocycles. The van der Waals surface area contributed by atoms with Crippen molar-refractivity contribution in [1.82, 2.24) is 0 Å². The van der Waals surface area contributed by atoms with E-state index in [1.165, 1.54) is 0 Å². The van der Waals surface area contributed by atoms with Gasteiger partial charge in [-0.15, -0.1) is 0 Å². The van der Waals surface area contributed by atoms with Crippen molar-refractivity contribution in [2.75, 3.05) is 6.16 Å². The van der Waals surface area contributed by atoms with E-state index in [1.807, 2.05) is 20.8 Å². The van der Waals surface area contributed by atoms with E-state index in [4.69, 9.17) is 4.74 Å². The lowest BCUT2D eigenvalue weighted by Crippen LogP contribution is -2.20. The summed E-state index contributed by atoms with van der Waals surface area (Å²) in [7, 11) is 1.08. The number of rotatable bonds is 3. The van der Waals surface area contributed by atoms with Gasteiger partial charge in [0.05, 0.1) is 0 Å². The maximum Gasteiger partial charge on any atom is 0.327 e. The molecule has 2 unspecified atom stereocenters. The summed E-state index contributed by atoms with van der Waals surface area (Å²) in [6, 6.07) is 0. The first-order chi connectivity index (χ1) is 4.95. The highest BCUT2D eigenvalue weighted by atomic mass is 32.0. The zero-order valence-corrected chi connectivity index (χ0v) is 9.52. The van der Waals surface area contributed by atoms with E-state index in [-0.39, 0.29) is 11.3 Å². The van der Waals surface area contributed by atoms with E-state index in [0.717, 1.165) is 14.4 Å². The Kier molecular flexibility index (Phi) is 5.21. The summed E-state index contributed by atoms with van der Waals surface area (Å²) in [4.78, 5) is 11.0. The summed E-state index contributed by atoms with van der Waals surface area (Å²) in [5, 5.41) is 0. The Morgan fingerprint density at radius 2 is 2.00 bits per heavy atom. The SMILES string of the molecule is CCPPC(=O)OC(C)(C)C. The molecule has 2 nitrogen and oxygen atoms in total. The first kappa shape index (κ1) is 11.3. The quantitative estimate of drug-likeness (QED) is 0.645. The molecule has 0 rings (SSSR count). The van der Waals surface area contributed by atoms with Crippen LogP contribution in [0.25, 0.3) is 0 Å². The topological polar surface area (TPSA) is 26.3 Å². The van der Waals surface area contributed by atoms with Crippen LogP contribution in [0.15, 0.2) is 0 Å². The molecule has 0 radical (unpaired) electrons. The number of hydrogen-bond donors (Lipinski definition) is 0. The Bertz CT molecular complexity index is 129. The van der Waals surface area contributed by atoms with Gasteiger partial charge in [-0.25, -0.2) is 4.79 Å². The highest BCUT2D eigenvalue weighted by molar-refractivity contribution is 8.19. The van der Waals surface area contributed by atoms with Gasteiger partial charge in [0.2, 0.25) is 0 Å². The van der Waals surface area contributed by atoms with Gasteiger partial charge >= 0.3 is 5.71 Å². The Hall–Kier alpha value is 0.330. The van der Waals surface area contributed by atoms with Crippen molar-refractivity contribution < 1.29 is 9.53 Å². The predicted octanol–water partition coefficient (Wildman–Crippen LogP) is 3.21. The molecule has 0 heterocycles. The fourth-order valence-electron chi connectivity index (χ4n) is 0.464. The second kappa shape index (κ2) is 5.06. The molecule has 0 aliphatic rings.